The normalized spacial score (nSPS) is 25.5. The van der Waals surface area contributed by atoms with E-state index in [0.717, 1.165) is 31.6 Å². The van der Waals surface area contributed by atoms with E-state index in [-0.39, 0.29) is 5.91 Å². The van der Waals surface area contributed by atoms with E-state index in [1.807, 2.05) is 11.8 Å². The monoisotopic (exact) mass is 232 g/mol. The first kappa shape index (κ1) is 12.8. The number of thioether (sulfide) groups is 1. The van der Waals surface area contributed by atoms with E-state index >= 15 is 0 Å². The Hall–Kier alpha value is -0.260. The Kier molecular flexibility index (Phi) is 6.05. The average molecular weight is 232 g/mol. The molecule has 0 aliphatic carbocycles. The zero-order chi connectivity index (χ0) is 11.1. The Bertz CT molecular complexity index is 202. The molecule has 88 valence electrons. The Morgan fingerprint density at radius 2 is 2.40 bits per heavy atom. The molecule has 0 spiro atoms. The van der Waals surface area contributed by atoms with Gasteiger partial charge in [-0.1, -0.05) is 0 Å². The molecule has 1 amide bonds. The van der Waals surface area contributed by atoms with Crippen LogP contribution < -0.4 is 11.3 Å². The predicted molar refractivity (Wildman–Crippen MR) is 62.5 cm³/mol. The van der Waals surface area contributed by atoms with Gasteiger partial charge in [0, 0.05) is 18.3 Å². The molecule has 0 aromatic heterocycles. The maximum absolute atomic E-state index is 10.8. The Labute approximate surface area is 95.3 Å². The number of hydrazine groups is 1. The van der Waals surface area contributed by atoms with E-state index < -0.39 is 0 Å². The van der Waals surface area contributed by atoms with E-state index in [2.05, 4.69) is 12.3 Å². The number of hydrogen-bond donors (Lipinski definition) is 2. The largest absolute Gasteiger partial charge is 0.377 e. The van der Waals surface area contributed by atoms with Crippen molar-refractivity contribution in [3.05, 3.63) is 0 Å². The van der Waals surface area contributed by atoms with E-state index in [1.54, 1.807) is 0 Å². The minimum Gasteiger partial charge on any atom is -0.377 e. The third-order valence-corrected chi connectivity index (χ3v) is 4.17. The summed E-state index contributed by atoms with van der Waals surface area (Å²) in [6, 6.07) is 0. The molecule has 3 N–H and O–H groups in total. The molecule has 1 saturated heterocycles. The molecule has 4 nitrogen and oxygen atoms in total. The zero-order valence-corrected chi connectivity index (χ0v) is 10.0. The van der Waals surface area contributed by atoms with Crippen LogP contribution in [0.3, 0.4) is 0 Å². The summed E-state index contributed by atoms with van der Waals surface area (Å²) >= 11 is 1.96. The minimum atomic E-state index is -0.0717. The summed E-state index contributed by atoms with van der Waals surface area (Å²) in [4.78, 5) is 10.8. The van der Waals surface area contributed by atoms with Gasteiger partial charge in [-0.25, -0.2) is 5.84 Å². The molecule has 5 heteroatoms. The SMILES string of the molecule is CC1OCCC1SCCCCC(=O)NN. The maximum Gasteiger partial charge on any atom is 0.233 e. The number of hydrogen-bond acceptors (Lipinski definition) is 4. The van der Waals surface area contributed by atoms with Gasteiger partial charge in [-0.15, -0.1) is 0 Å². The molecular formula is C10H20N2O2S. The number of nitrogens with one attached hydrogen (secondary N) is 1. The van der Waals surface area contributed by atoms with E-state index in [1.165, 1.54) is 0 Å². The molecule has 0 bridgehead atoms. The summed E-state index contributed by atoms with van der Waals surface area (Å²) in [6.07, 6.45) is 4.07. The molecule has 0 radical (unpaired) electrons. The lowest BCUT2D eigenvalue weighted by atomic mass is 10.2. The van der Waals surface area contributed by atoms with Crippen molar-refractivity contribution in [1.82, 2.24) is 5.43 Å². The summed E-state index contributed by atoms with van der Waals surface area (Å²) in [5.74, 6) is 6.02. The fourth-order valence-electron chi connectivity index (χ4n) is 1.63. The van der Waals surface area contributed by atoms with Crippen LogP contribution in [-0.4, -0.2) is 29.6 Å². The van der Waals surface area contributed by atoms with Gasteiger partial charge in [0.05, 0.1) is 6.10 Å². The van der Waals surface area contributed by atoms with Crippen molar-refractivity contribution in [2.24, 2.45) is 5.84 Å². The third-order valence-electron chi connectivity index (χ3n) is 2.60. The van der Waals surface area contributed by atoms with Gasteiger partial charge in [0.1, 0.15) is 0 Å². The highest BCUT2D eigenvalue weighted by Crippen LogP contribution is 2.26. The second-order valence-corrected chi connectivity index (χ2v) is 5.15. The number of carbonyl (C=O) groups is 1. The standard InChI is InChI=1S/C10H20N2O2S/c1-8-9(5-6-14-8)15-7-3-2-4-10(13)12-11/h8-9H,2-7,11H2,1H3,(H,12,13). The summed E-state index contributed by atoms with van der Waals surface area (Å²) in [5.41, 5.74) is 2.14. The van der Waals surface area contributed by atoms with Crippen LogP contribution in [0.25, 0.3) is 0 Å². The van der Waals surface area contributed by atoms with Gasteiger partial charge >= 0.3 is 0 Å². The molecule has 2 unspecified atom stereocenters. The van der Waals surface area contributed by atoms with Crippen molar-refractivity contribution in [2.45, 2.75) is 44.0 Å². The second-order valence-electron chi connectivity index (χ2n) is 3.80. The lowest BCUT2D eigenvalue weighted by Crippen LogP contribution is -2.29. The first-order valence-electron chi connectivity index (χ1n) is 5.46. The van der Waals surface area contributed by atoms with Crippen molar-refractivity contribution < 1.29 is 9.53 Å². The molecule has 1 rings (SSSR count). The fourth-order valence-corrected chi connectivity index (χ4v) is 2.91. The molecule has 1 heterocycles. The van der Waals surface area contributed by atoms with Gasteiger partial charge in [-0.3, -0.25) is 10.2 Å². The molecule has 1 aliphatic rings. The van der Waals surface area contributed by atoms with Gasteiger partial charge in [-0.2, -0.15) is 11.8 Å². The molecule has 1 aliphatic heterocycles. The van der Waals surface area contributed by atoms with Crippen molar-refractivity contribution in [1.29, 1.82) is 0 Å². The Balaban J connectivity index is 1.95. The molecule has 15 heavy (non-hydrogen) atoms. The molecule has 2 atom stereocenters. The Morgan fingerprint density at radius 1 is 1.60 bits per heavy atom. The molecule has 0 aromatic rings. The summed E-state index contributed by atoms with van der Waals surface area (Å²) in [5, 5.41) is 0.647. The number of carbonyl (C=O) groups excluding carboxylic acids is 1. The van der Waals surface area contributed by atoms with Crippen LogP contribution in [0.15, 0.2) is 0 Å². The summed E-state index contributed by atoms with van der Waals surface area (Å²) < 4.78 is 5.48. The van der Waals surface area contributed by atoms with Gasteiger partial charge in [0.25, 0.3) is 0 Å². The van der Waals surface area contributed by atoms with Crippen LogP contribution in [0, 0.1) is 0 Å². The van der Waals surface area contributed by atoms with Crippen LogP contribution in [0.1, 0.15) is 32.6 Å². The number of amides is 1. The number of rotatable bonds is 6. The van der Waals surface area contributed by atoms with Gasteiger partial charge < -0.3 is 4.74 Å². The maximum atomic E-state index is 10.8. The second kappa shape index (κ2) is 7.09. The highest BCUT2D eigenvalue weighted by molar-refractivity contribution is 7.99. The van der Waals surface area contributed by atoms with Crippen LogP contribution in [0.4, 0.5) is 0 Å². The topological polar surface area (TPSA) is 64.3 Å². The van der Waals surface area contributed by atoms with E-state index in [4.69, 9.17) is 10.6 Å². The lowest BCUT2D eigenvalue weighted by molar-refractivity contribution is -0.121. The van der Waals surface area contributed by atoms with Gasteiger partial charge in [-0.05, 0) is 31.9 Å². The van der Waals surface area contributed by atoms with Crippen LogP contribution in [0.2, 0.25) is 0 Å². The van der Waals surface area contributed by atoms with Gasteiger partial charge in [0.15, 0.2) is 0 Å². The highest BCUT2D eigenvalue weighted by atomic mass is 32.2. The average Bonchev–Trinajstić information content (AvgIpc) is 2.63. The number of nitrogens with two attached hydrogens (primary N) is 1. The smallest absolute Gasteiger partial charge is 0.233 e. The van der Waals surface area contributed by atoms with E-state index in [0.29, 0.717) is 17.8 Å². The van der Waals surface area contributed by atoms with Gasteiger partial charge in [0.2, 0.25) is 5.91 Å². The first-order chi connectivity index (χ1) is 7.24. The summed E-state index contributed by atoms with van der Waals surface area (Å²) in [7, 11) is 0. The van der Waals surface area contributed by atoms with Crippen molar-refractivity contribution in [2.75, 3.05) is 12.4 Å². The molecule has 0 aromatic carbocycles. The lowest BCUT2D eigenvalue weighted by Gasteiger charge is -2.12. The van der Waals surface area contributed by atoms with Crippen LogP contribution >= 0.6 is 11.8 Å². The predicted octanol–water partition coefficient (Wildman–Crippen LogP) is 1.06. The summed E-state index contributed by atoms with van der Waals surface area (Å²) in [6.45, 7) is 3.03. The number of unbranched alkanes of at least 4 members (excludes halogenated alkanes) is 1. The van der Waals surface area contributed by atoms with Crippen molar-refractivity contribution in [3.63, 3.8) is 0 Å². The number of ether oxygens (including phenoxy) is 1. The third kappa shape index (κ3) is 4.86. The van der Waals surface area contributed by atoms with Crippen molar-refractivity contribution in [3.8, 4) is 0 Å². The Morgan fingerprint density at radius 3 is 3.00 bits per heavy atom. The fraction of sp³-hybridized carbons (Fsp3) is 0.900. The highest BCUT2D eigenvalue weighted by Gasteiger charge is 2.23. The van der Waals surface area contributed by atoms with E-state index in [9.17, 15) is 4.79 Å². The van der Waals surface area contributed by atoms with Crippen LogP contribution in [-0.2, 0) is 9.53 Å². The molecule has 1 fully saturated rings. The molecule has 0 saturated carbocycles. The quantitative estimate of drug-likeness (QED) is 0.311. The van der Waals surface area contributed by atoms with Crippen LogP contribution in [0.5, 0.6) is 0 Å². The minimum absolute atomic E-state index is 0.0717. The molecular weight excluding hydrogens is 212 g/mol. The zero-order valence-electron chi connectivity index (χ0n) is 9.20. The van der Waals surface area contributed by atoms with Crippen molar-refractivity contribution >= 4 is 17.7 Å². The first-order valence-corrected chi connectivity index (χ1v) is 6.51.